The number of methoxy groups -OCH3 is 1. The lowest BCUT2D eigenvalue weighted by Crippen LogP contribution is -2.50. The molecule has 1 aromatic heterocycles. The van der Waals surface area contributed by atoms with E-state index in [1.807, 2.05) is 43.3 Å². The Morgan fingerprint density at radius 2 is 1.77 bits per heavy atom. The van der Waals surface area contributed by atoms with Gasteiger partial charge in [-0.15, -0.1) is 0 Å². The number of anilines is 3. The molecule has 1 aliphatic heterocycles. The van der Waals surface area contributed by atoms with E-state index in [1.54, 1.807) is 19.2 Å². The van der Waals surface area contributed by atoms with Crippen LogP contribution in [0.2, 0.25) is 0 Å². The summed E-state index contributed by atoms with van der Waals surface area (Å²) in [6, 6.07) is 21.7. The van der Waals surface area contributed by atoms with Crippen LogP contribution in [0.5, 0.6) is 5.75 Å². The smallest absolute Gasteiger partial charge is 0.293 e. The lowest BCUT2D eigenvalue weighted by molar-refractivity contribution is -0.383. The molecule has 39 heavy (non-hydrogen) atoms. The minimum Gasteiger partial charge on any atom is -0.495 e. The summed E-state index contributed by atoms with van der Waals surface area (Å²) in [5, 5.41) is 15.7. The van der Waals surface area contributed by atoms with E-state index >= 15 is 0 Å². The van der Waals surface area contributed by atoms with E-state index in [9.17, 15) is 10.1 Å². The third-order valence-electron chi connectivity index (χ3n) is 6.98. The van der Waals surface area contributed by atoms with E-state index in [2.05, 4.69) is 48.2 Å². The second kappa shape index (κ2) is 12.0. The fourth-order valence-electron chi connectivity index (χ4n) is 5.07. The Labute approximate surface area is 228 Å². The molecule has 10 heteroatoms. The van der Waals surface area contributed by atoms with Crippen molar-refractivity contribution < 1.29 is 9.66 Å². The minimum atomic E-state index is -0.354. The third-order valence-corrected chi connectivity index (χ3v) is 6.98. The van der Waals surface area contributed by atoms with Crippen LogP contribution >= 0.6 is 0 Å². The average molecular weight is 528 g/mol. The number of benzene rings is 3. The minimum absolute atomic E-state index is 0.0190. The predicted molar refractivity (Wildman–Crippen MR) is 155 cm³/mol. The van der Waals surface area contributed by atoms with Gasteiger partial charge >= 0.3 is 0 Å². The lowest BCUT2D eigenvalue weighted by atomic mass is 10.1. The van der Waals surface area contributed by atoms with Crippen LogP contribution in [0.15, 0.2) is 73.1 Å². The van der Waals surface area contributed by atoms with Gasteiger partial charge in [0.05, 0.1) is 29.9 Å². The Bertz CT molecular complexity index is 1430. The maximum absolute atomic E-state index is 11.9. The van der Waals surface area contributed by atoms with Crippen LogP contribution in [0, 0.1) is 10.1 Å². The molecule has 0 bridgehead atoms. The monoisotopic (exact) mass is 527 g/mol. The summed E-state index contributed by atoms with van der Waals surface area (Å²) in [7, 11) is 1.70. The highest BCUT2D eigenvalue weighted by Crippen LogP contribution is 2.34. The van der Waals surface area contributed by atoms with Crippen LogP contribution in [0.25, 0.3) is 10.9 Å². The number of fused-ring (bicyclic) bond motifs is 1. The van der Waals surface area contributed by atoms with Crippen molar-refractivity contribution in [2.24, 2.45) is 0 Å². The molecule has 1 aliphatic rings. The molecule has 4 aromatic rings. The fraction of sp³-hybridized carbons (Fsp3) is 0.310. The van der Waals surface area contributed by atoms with E-state index in [0.717, 1.165) is 43.2 Å². The molecule has 0 amide bonds. The first-order valence-corrected chi connectivity index (χ1v) is 13.1. The quantitative estimate of drug-likeness (QED) is 0.231. The largest absolute Gasteiger partial charge is 0.495 e. The Morgan fingerprint density at radius 1 is 1.03 bits per heavy atom. The highest BCUT2D eigenvalue weighted by atomic mass is 16.6. The zero-order valence-corrected chi connectivity index (χ0v) is 22.3. The van der Waals surface area contributed by atoms with Gasteiger partial charge in [0.2, 0.25) is 0 Å². The van der Waals surface area contributed by atoms with E-state index < -0.39 is 0 Å². The number of ether oxygens (including phenoxy) is 1. The molecule has 2 heterocycles. The van der Waals surface area contributed by atoms with Crippen molar-refractivity contribution in [1.29, 1.82) is 0 Å². The SMILES string of the molecule is CCNc1cc2ncnc(N(Cc3ccccc3)CN3CCN(c4ccccc4OC)CC3)c2cc1[N+](=O)[O-]. The number of piperazine rings is 1. The van der Waals surface area contributed by atoms with Gasteiger partial charge in [-0.3, -0.25) is 15.0 Å². The van der Waals surface area contributed by atoms with E-state index in [0.29, 0.717) is 42.2 Å². The van der Waals surface area contributed by atoms with Crippen LogP contribution in [0.4, 0.5) is 22.9 Å². The molecule has 0 spiro atoms. The maximum Gasteiger partial charge on any atom is 0.293 e. The number of rotatable bonds is 10. The second-order valence-corrected chi connectivity index (χ2v) is 9.47. The summed E-state index contributed by atoms with van der Waals surface area (Å²) in [4.78, 5) is 27.6. The molecular weight excluding hydrogens is 494 g/mol. The van der Waals surface area contributed by atoms with Crippen LogP contribution in [0.1, 0.15) is 12.5 Å². The van der Waals surface area contributed by atoms with Gasteiger partial charge in [-0.1, -0.05) is 42.5 Å². The van der Waals surface area contributed by atoms with Gasteiger partial charge in [0.15, 0.2) is 0 Å². The van der Waals surface area contributed by atoms with Crippen molar-refractivity contribution in [3.8, 4) is 5.75 Å². The Morgan fingerprint density at radius 3 is 2.49 bits per heavy atom. The number of aromatic nitrogens is 2. The Hall–Kier alpha value is -4.44. The van der Waals surface area contributed by atoms with Crippen LogP contribution in [0.3, 0.4) is 0 Å². The zero-order valence-electron chi connectivity index (χ0n) is 22.3. The third kappa shape index (κ3) is 5.85. The summed E-state index contributed by atoms with van der Waals surface area (Å²) < 4.78 is 5.58. The summed E-state index contributed by atoms with van der Waals surface area (Å²) in [6.45, 7) is 7.17. The van der Waals surface area contributed by atoms with Gasteiger partial charge in [-0.05, 0) is 30.7 Å². The normalized spacial score (nSPS) is 13.8. The molecule has 10 nitrogen and oxygen atoms in total. The number of hydrogen-bond acceptors (Lipinski definition) is 9. The van der Waals surface area contributed by atoms with Gasteiger partial charge in [-0.25, -0.2) is 9.97 Å². The summed E-state index contributed by atoms with van der Waals surface area (Å²) in [6.07, 6.45) is 1.54. The first-order valence-electron chi connectivity index (χ1n) is 13.1. The van der Waals surface area contributed by atoms with Crippen molar-refractivity contribution >= 4 is 33.8 Å². The topological polar surface area (TPSA) is 99.9 Å². The van der Waals surface area contributed by atoms with Crippen molar-refractivity contribution in [2.45, 2.75) is 13.5 Å². The fourth-order valence-corrected chi connectivity index (χ4v) is 5.07. The zero-order chi connectivity index (χ0) is 27.2. The standard InChI is InChI=1S/C29H33N7O3/c1-3-30-25-18-24-23(17-27(25)36(37)38)29(32-20-31-24)35(19-22-9-5-4-6-10-22)21-33-13-15-34(16-14-33)26-11-7-8-12-28(26)39-2/h4-12,17-18,20,30H,3,13-16,19,21H2,1-2H3. The molecule has 0 aliphatic carbocycles. The van der Waals surface area contributed by atoms with Gasteiger partial charge in [0, 0.05) is 50.7 Å². The molecule has 0 saturated carbocycles. The van der Waals surface area contributed by atoms with Crippen molar-refractivity contribution in [3.63, 3.8) is 0 Å². The Kier molecular flexibility index (Phi) is 8.02. The van der Waals surface area contributed by atoms with Gasteiger partial charge in [0.1, 0.15) is 23.6 Å². The summed E-state index contributed by atoms with van der Waals surface area (Å²) in [5.74, 6) is 1.56. The number of nitro benzene ring substituents is 1. The molecule has 0 radical (unpaired) electrons. The van der Waals surface area contributed by atoms with Crippen LogP contribution < -0.4 is 19.9 Å². The molecule has 0 unspecified atom stereocenters. The number of nitrogens with zero attached hydrogens (tertiary/aromatic N) is 6. The van der Waals surface area contributed by atoms with E-state index in [4.69, 9.17) is 4.74 Å². The van der Waals surface area contributed by atoms with Crippen LogP contribution in [-0.2, 0) is 6.54 Å². The molecule has 1 N–H and O–H groups in total. The number of nitro groups is 1. The van der Waals surface area contributed by atoms with E-state index in [1.165, 1.54) is 6.33 Å². The molecule has 1 fully saturated rings. The predicted octanol–water partition coefficient (Wildman–Crippen LogP) is 4.76. The summed E-state index contributed by atoms with van der Waals surface area (Å²) in [5.41, 5.74) is 3.38. The van der Waals surface area contributed by atoms with Gasteiger partial charge < -0.3 is 19.9 Å². The van der Waals surface area contributed by atoms with Crippen LogP contribution in [-0.4, -0.2) is 66.3 Å². The van der Waals surface area contributed by atoms with Crippen molar-refractivity contribution in [2.75, 3.05) is 61.6 Å². The first-order chi connectivity index (χ1) is 19.1. The summed E-state index contributed by atoms with van der Waals surface area (Å²) >= 11 is 0. The number of hydrogen-bond donors (Lipinski definition) is 1. The molecule has 1 saturated heterocycles. The average Bonchev–Trinajstić information content (AvgIpc) is 2.97. The molecular formula is C29H33N7O3. The maximum atomic E-state index is 11.9. The molecule has 0 atom stereocenters. The van der Waals surface area contributed by atoms with Crippen molar-refractivity contribution in [3.05, 3.63) is 88.7 Å². The number of nitrogens with one attached hydrogen (secondary N) is 1. The highest BCUT2D eigenvalue weighted by Gasteiger charge is 2.24. The molecule has 3 aromatic carbocycles. The van der Waals surface area contributed by atoms with E-state index in [-0.39, 0.29) is 10.6 Å². The van der Waals surface area contributed by atoms with Gasteiger partial charge in [0.25, 0.3) is 5.69 Å². The Balaban J connectivity index is 1.44. The molecule has 5 rings (SSSR count). The van der Waals surface area contributed by atoms with Gasteiger partial charge in [-0.2, -0.15) is 0 Å². The highest BCUT2D eigenvalue weighted by molar-refractivity contribution is 5.94. The first kappa shape index (κ1) is 26.2. The number of para-hydroxylation sites is 2. The second-order valence-electron chi connectivity index (χ2n) is 9.47. The molecule has 202 valence electrons. The lowest BCUT2D eigenvalue weighted by Gasteiger charge is -2.39. The van der Waals surface area contributed by atoms with Crippen molar-refractivity contribution in [1.82, 2.24) is 14.9 Å².